The Kier molecular flexibility index (Phi) is 5.42. The number of benzene rings is 2. The molecule has 0 radical (unpaired) electrons. The van der Waals surface area contributed by atoms with E-state index in [9.17, 15) is 9.59 Å². The summed E-state index contributed by atoms with van der Waals surface area (Å²) in [6.45, 7) is 1.04. The summed E-state index contributed by atoms with van der Waals surface area (Å²) in [6, 6.07) is 18.6. The Morgan fingerprint density at radius 1 is 1.10 bits per heavy atom. The van der Waals surface area contributed by atoms with Crippen molar-refractivity contribution < 1.29 is 14.3 Å². The molecule has 0 saturated carbocycles. The Labute approximate surface area is 169 Å². The van der Waals surface area contributed by atoms with Crippen molar-refractivity contribution in [1.82, 2.24) is 9.88 Å². The number of likely N-dealkylation sites (tertiary alicyclic amines) is 1. The summed E-state index contributed by atoms with van der Waals surface area (Å²) in [5.74, 6) is 0.339. The van der Waals surface area contributed by atoms with Crippen molar-refractivity contribution in [1.29, 1.82) is 0 Å². The van der Waals surface area contributed by atoms with Crippen LogP contribution in [0.5, 0.6) is 5.75 Å². The van der Waals surface area contributed by atoms with Gasteiger partial charge in [0.15, 0.2) is 0 Å². The standard InChI is InChI=1S/C23H23N3O3/c1-29-19-10-12-20-16(14-19)9-11-21(25-20)23(28)26-13-5-6-17(15-26)22(27)24-18-7-3-2-4-8-18/h2-4,7-12,14,17H,5-6,13,15H2,1H3,(H,24,27). The van der Waals surface area contributed by atoms with Gasteiger partial charge in [0.05, 0.1) is 18.5 Å². The van der Waals surface area contributed by atoms with Crippen LogP contribution in [0.3, 0.4) is 0 Å². The van der Waals surface area contributed by atoms with Gasteiger partial charge in [-0.1, -0.05) is 24.3 Å². The number of carbonyl (C=O) groups is 2. The molecule has 3 aromatic rings. The number of ether oxygens (including phenoxy) is 1. The van der Waals surface area contributed by atoms with Crippen LogP contribution in [-0.4, -0.2) is 41.9 Å². The molecule has 2 aromatic carbocycles. The van der Waals surface area contributed by atoms with Gasteiger partial charge in [-0.15, -0.1) is 0 Å². The minimum Gasteiger partial charge on any atom is -0.497 e. The maximum absolute atomic E-state index is 13.0. The Morgan fingerprint density at radius 2 is 1.93 bits per heavy atom. The summed E-state index contributed by atoms with van der Waals surface area (Å²) in [5.41, 5.74) is 1.91. The van der Waals surface area contributed by atoms with E-state index < -0.39 is 0 Å². The summed E-state index contributed by atoms with van der Waals surface area (Å²) < 4.78 is 5.23. The van der Waals surface area contributed by atoms with Gasteiger partial charge in [0.1, 0.15) is 11.4 Å². The highest BCUT2D eigenvalue weighted by atomic mass is 16.5. The van der Waals surface area contributed by atoms with Crippen LogP contribution in [0.1, 0.15) is 23.3 Å². The first-order valence-corrected chi connectivity index (χ1v) is 9.74. The fourth-order valence-corrected chi connectivity index (χ4v) is 3.65. The van der Waals surface area contributed by atoms with Gasteiger partial charge < -0.3 is 15.0 Å². The van der Waals surface area contributed by atoms with Gasteiger partial charge in [0.2, 0.25) is 5.91 Å². The van der Waals surface area contributed by atoms with Crippen LogP contribution in [0.2, 0.25) is 0 Å². The number of para-hydroxylation sites is 1. The van der Waals surface area contributed by atoms with E-state index in [1.165, 1.54) is 0 Å². The van der Waals surface area contributed by atoms with E-state index in [2.05, 4.69) is 10.3 Å². The summed E-state index contributed by atoms with van der Waals surface area (Å²) in [5, 5.41) is 3.86. The predicted molar refractivity (Wildman–Crippen MR) is 112 cm³/mol. The molecule has 6 heteroatoms. The summed E-state index contributed by atoms with van der Waals surface area (Å²) in [7, 11) is 1.62. The molecule has 2 amide bonds. The molecule has 1 atom stereocenters. The Morgan fingerprint density at radius 3 is 2.72 bits per heavy atom. The molecule has 2 heterocycles. The number of aromatic nitrogens is 1. The van der Waals surface area contributed by atoms with Crippen molar-refractivity contribution in [3.8, 4) is 5.75 Å². The molecule has 1 aliphatic heterocycles. The van der Waals surface area contributed by atoms with Gasteiger partial charge in [0, 0.05) is 24.2 Å². The first kappa shape index (κ1) is 18.9. The van der Waals surface area contributed by atoms with E-state index in [-0.39, 0.29) is 17.7 Å². The molecule has 148 valence electrons. The molecule has 0 aliphatic carbocycles. The lowest BCUT2D eigenvalue weighted by molar-refractivity contribution is -0.121. The lowest BCUT2D eigenvalue weighted by atomic mass is 9.96. The lowest BCUT2D eigenvalue weighted by Crippen LogP contribution is -2.44. The molecule has 1 aromatic heterocycles. The Hall–Kier alpha value is -3.41. The topological polar surface area (TPSA) is 71.5 Å². The van der Waals surface area contributed by atoms with Gasteiger partial charge in [-0.3, -0.25) is 9.59 Å². The number of amides is 2. The molecule has 4 rings (SSSR count). The Bertz CT molecular complexity index is 1040. The van der Waals surface area contributed by atoms with Crippen molar-refractivity contribution in [2.45, 2.75) is 12.8 Å². The second kappa shape index (κ2) is 8.31. The number of nitrogens with one attached hydrogen (secondary N) is 1. The fourth-order valence-electron chi connectivity index (χ4n) is 3.65. The number of piperidine rings is 1. The first-order chi connectivity index (χ1) is 14.1. The van der Waals surface area contributed by atoms with E-state index >= 15 is 0 Å². The summed E-state index contributed by atoms with van der Waals surface area (Å²) in [4.78, 5) is 31.9. The van der Waals surface area contributed by atoms with E-state index in [1.807, 2.05) is 54.6 Å². The zero-order chi connectivity index (χ0) is 20.2. The molecular weight excluding hydrogens is 366 g/mol. The van der Waals surface area contributed by atoms with Crippen molar-refractivity contribution in [2.75, 3.05) is 25.5 Å². The third-order valence-corrected chi connectivity index (χ3v) is 5.24. The lowest BCUT2D eigenvalue weighted by Gasteiger charge is -2.31. The largest absolute Gasteiger partial charge is 0.497 e. The minimum atomic E-state index is -0.224. The molecule has 6 nitrogen and oxygen atoms in total. The van der Waals surface area contributed by atoms with E-state index in [0.717, 1.165) is 35.2 Å². The quantitative estimate of drug-likeness (QED) is 0.738. The number of pyridine rings is 1. The minimum absolute atomic E-state index is 0.0488. The second-order valence-electron chi connectivity index (χ2n) is 7.20. The average molecular weight is 389 g/mol. The number of nitrogens with zero attached hydrogens (tertiary/aromatic N) is 2. The van der Waals surface area contributed by atoms with Gasteiger partial charge in [-0.05, 0) is 49.2 Å². The number of hydrogen-bond donors (Lipinski definition) is 1. The third kappa shape index (κ3) is 4.21. The third-order valence-electron chi connectivity index (χ3n) is 5.24. The first-order valence-electron chi connectivity index (χ1n) is 9.74. The van der Waals surface area contributed by atoms with E-state index in [4.69, 9.17) is 4.74 Å². The number of methoxy groups -OCH3 is 1. The highest BCUT2D eigenvalue weighted by molar-refractivity contribution is 5.96. The number of fused-ring (bicyclic) bond motifs is 1. The Balaban J connectivity index is 1.47. The summed E-state index contributed by atoms with van der Waals surface area (Å²) >= 11 is 0. The van der Waals surface area contributed by atoms with Crippen LogP contribution < -0.4 is 10.1 Å². The van der Waals surface area contributed by atoms with Gasteiger partial charge in [-0.2, -0.15) is 0 Å². The van der Waals surface area contributed by atoms with Crippen LogP contribution in [0.25, 0.3) is 10.9 Å². The fraction of sp³-hybridized carbons (Fsp3) is 0.261. The van der Waals surface area contributed by atoms with Crippen molar-refractivity contribution in [2.24, 2.45) is 5.92 Å². The molecule has 0 spiro atoms. The molecule has 1 fully saturated rings. The SMILES string of the molecule is COc1ccc2nc(C(=O)N3CCCC(C(=O)Nc4ccccc4)C3)ccc2c1. The van der Waals surface area contributed by atoms with Gasteiger partial charge in [-0.25, -0.2) is 4.98 Å². The van der Waals surface area contributed by atoms with Crippen molar-refractivity contribution >= 4 is 28.4 Å². The van der Waals surface area contributed by atoms with Gasteiger partial charge >= 0.3 is 0 Å². The molecule has 0 bridgehead atoms. The second-order valence-corrected chi connectivity index (χ2v) is 7.20. The normalized spacial score (nSPS) is 16.4. The predicted octanol–water partition coefficient (Wildman–Crippen LogP) is 3.73. The van der Waals surface area contributed by atoms with Crippen molar-refractivity contribution in [3.05, 3.63) is 66.4 Å². The zero-order valence-corrected chi connectivity index (χ0v) is 16.3. The maximum atomic E-state index is 13.0. The smallest absolute Gasteiger partial charge is 0.272 e. The van der Waals surface area contributed by atoms with Crippen LogP contribution in [-0.2, 0) is 4.79 Å². The highest BCUT2D eigenvalue weighted by Gasteiger charge is 2.29. The molecule has 1 unspecified atom stereocenters. The van der Waals surface area contributed by atoms with Crippen LogP contribution in [0, 0.1) is 5.92 Å². The highest BCUT2D eigenvalue weighted by Crippen LogP contribution is 2.23. The van der Waals surface area contributed by atoms with E-state index in [1.54, 1.807) is 18.1 Å². The number of anilines is 1. The molecule has 1 saturated heterocycles. The van der Waals surface area contributed by atoms with Crippen LogP contribution in [0.4, 0.5) is 5.69 Å². The van der Waals surface area contributed by atoms with Gasteiger partial charge in [0.25, 0.3) is 5.91 Å². The number of hydrogen-bond acceptors (Lipinski definition) is 4. The van der Waals surface area contributed by atoms with Crippen molar-refractivity contribution in [3.63, 3.8) is 0 Å². The average Bonchev–Trinajstić information content (AvgIpc) is 2.78. The molecule has 1 aliphatic rings. The zero-order valence-electron chi connectivity index (χ0n) is 16.3. The number of rotatable bonds is 4. The van der Waals surface area contributed by atoms with Crippen LogP contribution >= 0.6 is 0 Å². The molecule has 29 heavy (non-hydrogen) atoms. The van der Waals surface area contributed by atoms with E-state index in [0.29, 0.717) is 18.8 Å². The summed E-state index contributed by atoms with van der Waals surface area (Å²) in [6.07, 6.45) is 1.57. The van der Waals surface area contributed by atoms with Crippen LogP contribution in [0.15, 0.2) is 60.7 Å². The monoisotopic (exact) mass is 389 g/mol. The molecular formula is C23H23N3O3. The molecule has 1 N–H and O–H groups in total. The number of carbonyl (C=O) groups excluding carboxylic acids is 2. The maximum Gasteiger partial charge on any atom is 0.272 e.